The van der Waals surface area contributed by atoms with Crippen LogP contribution < -0.4 is 4.90 Å². The molecule has 80 valence electrons. The van der Waals surface area contributed by atoms with Gasteiger partial charge in [0.05, 0.1) is 17.3 Å². The van der Waals surface area contributed by atoms with E-state index in [9.17, 15) is 4.79 Å². The fourth-order valence-electron chi connectivity index (χ4n) is 2.11. The molecule has 0 aromatic heterocycles. The van der Waals surface area contributed by atoms with Gasteiger partial charge in [0.15, 0.2) is 5.78 Å². The molecule has 15 heavy (non-hydrogen) atoms. The van der Waals surface area contributed by atoms with E-state index in [1.165, 1.54) is 0 Å². The van der Waals surface area contributed by atoms with E-state index in [-0.39, 0.29) is 11.3 Å². The van der Waals surface area contributed by atoms with E-state index in [0.29, 0.717) is 18.0 Å². The van der Waals surface area contributed by atoms with Crippen molar-refractivity contribution in [2.24, 2.45) is 0 Å². The molecule has 1 aliphatic heterocycles. The number of halogens is 1. The number of rotatable bonds is 1. The SMILES string of the molecule is CC1(C)CC(=O)CN1c1ccccc1Cl. The molecular formula is C12H14ClNO. The second-order valence-electron chi connectivity index (χ2n) is 4.57. The Labute approximate surface area is 94.8 Å². The molecule has 0 radical (unpaired) electrons. The third kappa shape index (κ3) is 1.86. The fourth-order valence-corrected chi connectivity index (χ4v) is 2.34. The van der Waals surface area contributed by atoms with Crippen molar-refractivity contribution in [1.82, 2.24) is 0 Å². The molecule has 0 unspecified atom stereocenters. The molecule has 0 saturated carbocycles. The molecule has 0 spiro atoms. The molecule has 2 nitrogen and oxygen atoms in total. The Morgan fingerprint density at radius 3 is 2.53 bits per heavy atom. The summed E-state index contributed by atoms with van der Waals surface area (Å²) in [4.78, 5) is 13.5. The van der Waals surface area contributed by atoms with Crippen LogP contribution in [-0.2, 0) is 4.79 Å². The van der Waals surface area contributed by atoms with Gasteiger partial charge < -0.3 is 4.90 Å². The molecule has 1 fully saturated rings. The highest BCUT2D eigenvalue weighted by Crippen LogP contribution is 2.35. The van der Waals surface area contributed by atoms with E-state index >= 15 is 0 Å². The number of Topliss-reactive ketones (excluding diaryl/α,β-unsaturated/α-hetero) is 1. The lowest BCUT2D eigenvalue weighted by atomic mass is 10.0. The zero-order valence-corrected chi connectivity index (χ0v) is 9.71. The summed E-state index contributed by atoms with van der Waals surface area (Å²) in [6.45, 7) is 4.61. The third-order valence-electron chi connectivity index (χ3n) is 2.84. The normalized spacial score (nSPS) is 19.7. The van der Waals surface area contributed by atoms with Crippen LogP contribution in [0.5, 0.6) is 0 Å². The Balaban J connectivity index is 2.40. The van der Waals surface area contributed by atoms with Crippen molar-refractivity contribution in [3.63, 3.8) is 0 Å². The number of nitrogens with zero attached hydrogens (tertiary/aromatic N) is 1. The van der Waals surface area contributed by atoms with E-state index in [2.05, 4.69) is 18.7 Å². The van der Waals surface area contributed by atoms with Crippen LogP contribution in [0, 0.1) is 0 Å². The number of para-hydroxylation sites is 1. The molecule has 0 amide bonds. The van der Waals surface area contributed by atoms with Gasteiger partial charge in [0.2, 0.25) is 0 Å². The predicted octanol–water partition coefficient (Wildman–Crippen LogP) is 2.90. The molecule has 1 heterocycles. The average molecular weight is 224 g/mol. The number of anilines is 1. The Kier molecular flexibility index (Phi) is 2.47. The van der Waals surface area contributed by atoms with Crippen LogP contribution in [0.15, 0.2) is 24.3 Å². The summed E-state index contributed by atoms with van der Waals surface area (Å²) in [6, 6.07) is 7.66. The van der Waals surface area contributed by atoms with E-state index in [1.54, 1.807) is 0 Å². The number of carbonyl (C=O) groups is 1. The standard InChI is InChI=1S/C12H14ClNO/c1-12(2)7-9(15)8-14(12)11-6-4-3-5-10(11)13/h3-6H,7-8H2,1-2H3. The maximum atomic E-state index is 11.5. The van der Waals surface area contributed by atoms with E-state index in [0.717, 1.165) is 5.69 Å². The first kappa shape index (κ1) is 10.5. The lowest BCUT2D eigenvalue weighted by molar-refractivity contribution is -0.116. The van der Waals surface area contributed by atoms with Gasteiger partial charge in [0.25, 0.3) is 0 Å². The summed E-state index contributed by atoms with van der Waals surface area (Å²) in [5.41, 5.74) is 0.831. The maximum Gasteiger partial charge on any atom is 0.154 e. The average Bonchev–Trinajstić information content (AvgIpc) is 2.40. The molecule has 0 atom stereocenters. The van der Waals surface area contributed by atoms with Crippen LogP contribution in [0.2, 0.25) is 5.02 Å². The molecule has 0 N–H and O–H groups in total. The highest BCUT2D eigenvalue weighted by Gasteiger charge is 2.37. The van der Waals surface area contributed by atoms with E-state index < -0.39 is 0 Å². The Morgan fingerprint density at radius 1 is 1.33 bits per heavy atom. The van der Waals surface area contributed by atoms with Gasteiger partial charge in [-0.1, -0.05) is 23.7 Å². The van der Waals surface area contributed by atoms with Crippen LogP contribution in [0.4, 0.5) is 5.69 Å². The summed E-state index contributed by atoms with van der Waals surface area (Å²) in [5.74, 6) is 0.278. The summed E-state index contributed by atoms with van der Waals surface area (Å²) in [5, 5.41) is 0.709. The van der Waals surface area contributed by atoms with Gasteiger partial charge in [-0.3, -0.25) is 4.79 Å². The van der Waals surface area contributed by atoms with Crippen LogP contribution >= 0.6 is 11.6 Å². The van der Waals surface area contributed by atoms with E-state index in [4.69, 9.17) is 11.6 Å². The minimum Gasteiger partial charge on any atom is -0.357 e. The Morgan fingerprint density at radius 2 is 2.00 bits per heavy atom. The number of hydrogen-bond acceptors (Lipinski definition) is 2. The van der Waals surface area contributed by atoms with Crippen molar-refractivity contribution in [2.45, 2.75) is 25.8 Å². The molecule has 1 aliphatic rings. The van der Waals surface area contributed by atoms with Crippen molar-refractivity contribution in [2.75, 3.05) is 11.4 Å². The van der Waals surface area contributed by atoms with Gasteiger partial charge in [-0.2, -0.15) is 0 Å². The van der Waals surface area contributed by atoms with Crippen LogP contribution in [0.3, 0.4) is 0 Å². The summed E-state index contributed by atoms with van der Waals surface area (Å²) in [6.07, 6.45) is 0.595. The Hall–Kier alpha value is -1.02. The highest BCUT2D eigenvalue weighted by atomic mass is 35.5. The summed E-state index contributed by atoms with van der Waals surface area (Å²) < 4.78 is 0. The minimum atomic E-state index is -0.123. The van der Waals surface area contributed by atoms with Gasteiger partial charge >= 0.3 is 0 Å². The van der Waals surface area contributed by atoms with Crippen molar-refractivity contribution >= 4 is 23.1 Å². The molecule has 0 bridgehead atoms. The summed E-state index contributed by atoms with van der Waals surface area (Å²) >= 11 is 6.13. The van der Waals surface area contributed by atoms with Gasteiger partial charge in [0.1, 0.15) is 0 Å². The van der Waals surface area contributed by atoms with Crippen LogP contribution in [-0.4, -0.2) is 17.9 Å². The number of ketones is 1. The lowest BCUT2D eigenvalue weighted by Crippen LogP contribution is -2.38. The molecule has 1 aromatic carbocycles. The second kappa shape index (κ2) is 3.53. The smallest absolute Gasteiger partial charge is 0.154 e. The topological polar surface area (TPSA) is 20.3 Å². The van der Waals surface area contributed by atoms with Crippen LogP contribution in [0.1, 0.15) is 20.3 Å². The van der Waals surface area contributed by atoms with Crippen molar-refractivity contribution < 1.29 is 4.79 Å². The maximum absolute atomic E-state index is 11.5. The quantitative estimate of drug-likeness (QED) is 0.730. The molecule has 1 aromatic rings. The number of carbonyl (C=O) groups excluding carboxylic acids is 1. The van der Waals surface area contributed by atoms with Crippen molar-refractivity contribution in [3.05, 3.63) is 29.3 Å². The van der Waals surface area contributed by atoms with Gasteiger partial charge in [-0.05, 0) is 26.0 Å². The monoisotopic (exact) mass is 223 g/mol. The highest BCUT2D eigenvalue weighted by molar-refractivity contribution is 6.33. The predicted molar refractivity (Wildman–Crippen MR) is 62.5 cm³/mol. The molecule has 0 aliphatic carbocycles. The third-order valence-corrected chi connectivity index (χ3v) is 3.16. The molecule has 1 saturated heterocycles. The number of hydrogen-bond donors (Lipinski definition) is 0. The van der Waals surface area contributed by atoms with Gasteiger partial charge in [-0.15, -0.1) is 0 Å². The second-order valence-corrected chi connectivity index (χ2v) is 4.97. The molecule has 2 rings (SSSR count). The van der Waals surface area contributed by atoms with Crippen LogP contribution in [0.25, 0.3) is 0 Å². The zero-order chi connectivity index (χ0) is 11.1. The number of benzene rings is 1. The van der Waals surface area contributed by atoms with E-state index in [1.807, 2.05) is 24.3 Å². The largest absolute Gasteiger partial charge is 0.357 e. The lowest BCUT2D eigenvalue weighted by Gasteiger charge is -2.33. The zero-order valence-electron chi connectivity index (χ0n) is 8.96. The van der Waals surface area contributed by atoms with Crippen molar-refractivity contribution in [1.29, 1.82) is 0 Å². The summed E-state index contributed by atoms with van der Waals surface area (Å²) in [7, 11) is 0. The first-order valence-electron chi connectivity index (χ1n) is 5.04. The fraction of sp³-hybridized carbons (Fsp3) is 0.417. The molecular weight excluding hydrogens is 210 g/mol. The van der Waals surface area contributed by atoms with Gasteiger partial charge in [0, 0.05) is 12.0 Å². The first-order chi connectivity index (χ1) is 7.00. The molecule has 3 heteroatoms. The first-order valence-corrected chi connectivity index (χ1v) is 5.42. The minimum absolute atomic E-state index is 0.123. The van der Waals surface area contributed by atoms with Gasteiger partial charge in [-0.25, -0.2) is 0 Å². The van der Waals surface area contributed by atoms with Crippen molar-refractivity contribution in [3.8, 4) is 0 Å². The Bertz CT molecular complexity index is 400.